The molecule has 0 radical (unpaired) electrons. The Kier molecular flexibility index (Phi) is 7.05. The summed E-state index contributed by atoms with van der Waals surface area (Å²) < 4.78 is 11.1. The fraction of sp³-hybridized carbons (Fsp3) is 0.320. The molecule has 1 aliphatic heterocycles. The predicted octanol–water partition coefficient (Wildman–Crippen LogP) is 5.79. The smallest absolute Gasteiger partial charge is 0.258 e. The van der Waals surface area contributed by atoms with Crippen LogP contribution >= 0.6 is 24.0 Å². The van der Waals surface area contributed by atoms with E-state index in [1.54, 1.807) is 18.9 Å². The van der Waals surface area contributed by atoms with Gasteiger partial charge in [0.2, 0.25) is 5.82 Å². The van der Waals surface area contributed by atoms with E-state index in [1.807, 2.05) is 36.4 Å². The lowest BCUT2D eigenvalue weighted by atomic mass is 9.94. The van der Waals surface area contributed by atoms with Gasteiger partial charge in [-0.25, -0.2) is 0 Å². The van der Waals surface area contributed by atoms with E-state index in [2.05, 4.69) is 54.5 Å². The van der Waals surface area contributed by atoms with Crippen molar-refractivity contribution in [3.05, 3.63) is 65.7 Å². The standard InChI is InChI=1S/C25H28N4O2S2/c1-15(2)14-29-16(3)21(22(26-25(29)32)17-6-10-19(30-4)11-7-17)24-27-23(28-31-24)18-8-12-20(33-5)13-9-18/h6-13,15,22H,14H2,1-5H3,(H,26,32). The quantitative estimate of drug-likeness (QED) is 0.337. The Labute approximate surface area is 204 Å². The van der Waals surface area contributed by atoms with Crippen molar-refractivity contribution >= 4 is 34.7 Å². The number of hydrogen-bond donors (Lipinski definition) is 1. The first kappa shape index (κ1) is 23.3. The van der Waals surface area contributed by atoms with Crippen LogP contribution in [0.2, 0.25) is 0 Å². The van der Waals surface area contributed by atoms with Crippen molar-refractivity contribution in [3.63, 3.8) is 0 Å². The van der Waals surface area contributed by atoms with Crippen molar-refractivity contribution in [1.29, 1.82) is 0 Å². The van der Waals surface area contributed by atoms with Crippen LogP contribution in [-0.4, -0.2) is 40.1 Å². The number of ether oxygens (including phenoxy) is 1. The van der Waals surface area contributed by atoms with Crippen LogP contribution in [0.5, 0.6) is 5.75 Å². The molecule has 0 saturated carbocycles. The zero-order valence-electron chi connectivity index (χ0n) is 19.5. The Hall–Kier alpha value is -2.84. The molecule has 0 bridgehead atoms. The number of nitrogens with one attached hydrogen (secondary N) is 1. The minimum Gasteiger partial charge on any atom is -0.497 e. The fourth-order valence-corrected chi connectivity index (χ4v) is 4.62. The molecule has 0 amide bonds. The summed E-state index contributed by atoms with van der Waals surface area (Å²) in [7, 11) is 1.66. The number of nitrogens with zero attached hydrogens (tertiary/aromatic N) is 3. The average Bonchev–Trinajstić information content (AvgIpc) is 3.31. The average molecular weight is 481 g/mol. The molecule has 172 valence electrons. The highest BCUT2D eigenvalue weighted by Crippen LogP contribution is 2.38. The number of hydrogen-bond acceptors (Lipinski definition) is 6. The molecule has 8 heteroatoms. The highest BCUT2D eigenvalue weighted by Gasteiger charge is 2.34. The van der Waals surface area contributed by atoms with Crippen molar-refractivity contribution in [3.8, 4) is 17.1 Å². The van der Waals surface area contributed by atoms with Crippen LogP contribution < -0.4 is 10.1 Å². The van der Waals surface area contributed by atoms with Gasteiger partial charge in [0.05, 0.1) is 18.7 Å². The van der Waals surface area contributed by atoms with Crippen LogP contribution in [0.4, 0.5) is 0 Å². The van der Waals surface area contributed by atoms with Crippen LogP contribution in [0.3, 0.4) is 0 Å². The van der Waals surface area contributed by atoms with Crippen molar-refractivity contribution in [1.82, 2.24) is 20.4 Å². The molecule has 0 fully saturated rings. The molecule has 33 heavy (non-hydrogen) atoms. The summed E-state index contributed by atoms with van der Waals surface area (Å²) >= 11 is 7.44. The summed E-state index contributed by atoms with van der Waals surface area (Å²) in [5, 5.41) is 8.48. The van der Waals surface area contributed by atoms with E-state index < -0.39 is 0 Å². The number of aromatic nitrogens is 2. The minimum atomic E-state index is -0.209. The van der Waals surface area contributed by atoms with Crippen LogP contribution in [0.25, 0.3) is 17.0 Å². The monoisotopic (exact) mass is 480 g/mol. The van der Waals surface area contributed by atoms with E-state index >= 15 is 0 Å². The van der Waals surface area contributed by atoms with Crippen molar-refractivity contribution in [2.24, 2.45) is 5.92 Å². The zero-order chi connectivity index (χ0) is 23.5. The van der Waals surface area contributed by atoms with E-state index in [4.69, 9.17) is 26.5 Å². The van der Waals surface area contributed by atoms with E-state index in [-0.39, 0.29) is 6.04 Å². The third kappa shape index (κ3) is 4.91. The largest absolute Gasteiger partial charge is 0.497 e. The molecule has 0 spiro atoms. The van der Waals surface area contributed by atoms with E-state index in [0.29, 0.717) is 22.7 Å². The molecular weight excluding hydrogens is 452 g/mol. The second-order valence-electron chi connectivity index (χ2n) is 8.31. The normalized spacial score (nSPS) is 16.4. The summed E-state index contributed by atoms with van der Waals surface area (Å²) in [6.07, 6.45) is 2.06. The molecule has 1 aromatic heterocycles. The topological polar surface area (TPSA) is 63.4 Å². The van der Waals surface area contributed by atoms with Gasteiger partial charge in [-0.15, -0.1) is 11.8 Å². The Morgan fingerprint density at radius 2 is 1.85 bits per heavy atom. The van der Waals surface area contributed by atoms with Gasteiger partial charge in [-0.1, -0.05) is 31.1 Å². The van der Waals surface area contributed by atoms with Gasteiger partial charge in [0.1, 0.15) is 5.75 Å². The molecule has 0 aliphatic carbocycles. The number of benzene rings is 2. The Bertz CT molecular complexity index is 1150. The summed E-state index contributed by atoms with van der Waals surface area (Å²) in [5.74, 6) is 2.29. The summed E-state index contributed by atoms with van der Waals surface area (Å²) in [6.45, 7) is 7.22. The third-order valence-electron chi connectivity index (χ3n) is 5.60. The molecule has 0 saturated heterocycles. The minimum absolute atomic E-state index is 0.209. The van der Waals surface area contributed by atoms with Gasteiger partial charge in [0.25, 0.3) is 5.89 Å². The second kappa shape index (κ2) is 9.97. The Morgan fingerprint density at radius 1 is 1.15 bits per heavy atom. The van der Waals surface area contributed by atoms with Crippen LogP contribution in [0.15, 0.2) is 63.6 Å². The first-order valence-corrected chi connectivity index (χ1v) is 12.5. The maximum Gasteiger partial charge on any atom is 0.258 e. The predicted molar refractivity (Wildman–Crippen MR) is 137 cm³/mol. The summed E-state index contributed by atoms with van der Waals surface area (Å²) in [6, 6.07) is 15.9. The maximum absolute atomic E-state index is 5.81. The van der Waals surface area contributed by atoms with Crippen molar-refractivity contribution < 1.29 is 9.26 Å². The SMILES string of the molecule is COc1ccc(C2NC(=S)N(CC(C)C)C(C)=C2c2nc(-c3ccc(SC)cc3)no2)cc1. The van der Waals surface area contributed by atoms with Crippen molar-refractivity contribution in [2.75, 3.05) is 19.9 Å². The third-order valence-corrected chi connectivity index (χ3v) is 6.68. The Balaban J connectivity index is 1.77. The van der Waals surface area contributed by atoms with Gasteiger partial charge in [0, 0.05) is 22.7 Å². The molecule has 3 aromatic rings. The first-order chi connectivity index (χ1) is 15.9. The number of methoxy groups -OCH3 is 1. The van der Waals surface area contributed by atoms with E-state index in [1.165, 1.54) is 4.90 Å². The number of thioether (sulfide) groups is 1. The lowest BCUT2D eigenvalue weighted by Crippen LogP contribution is -2.47. The summed E-state index contributed by atoms with van der Waals surface area (Å²) in [5.41, 5.74) is 3.90. The zero-order valence-corrected chi connectivity index (χ0v) is 21.1. The van der Waals surface area contributed by atoms with Crippen LogP contribution in [-0.2, 0) is 0 Å². The molecular formula is C25H28N4O2S2. The van der Waals surface area contributed by atoms with Crippen LogP contribution in [0, 0.1) is 5.92 Å². The molecule has 1 aliphatic rings. The molecule has 2 aromatic carbocycles. The summed E-state index contributed by atoms with van der Waals surface area (Å²) in [4.78, 5) is 8.09. The Morgan fingerprint density at radius 3 is 2.45 bits per heavy atom. The number of rotatable bonds is 7. The highest BCUT2D eigenvalue weighted by atomic mass is 32.2. The lowest BCUT2D eigenvalue weighted by Gasteiger charge is -2.38. The fourth-order valence-electron chi connectivity index (χ4n) is 3.88. The van der Waals surface area contributed by atoms with E-state index in [9.17, 15) is 0 Å². The molecule has 4 rings (SSSR count). The van der Waals surface area contributed by atoms with Gasteiger partial charge >= 0.3 is 0 Å². The first-order valence-electron chi connectivity index (χ1n) is 10.8. The van der Waals surface area contributed by atoms with Gasteiger partial charge in [-0.3, -0.25) is 0 Å². The molecule has 6 nitrogen and oxygen atoms in total. The number of thiocarbonyl (C=S) groups is 1. The number of allylic oxidation sites excluding steroid dienone is 1. The van der Waals surface area contributed by atoms with Crippen molar-refractivity contribution in [2.45, 2.75) is 31.7 Å². The highest BCUT2D eigenvalue weighted by molar-refractivity contribution is 7.98. The van der Waals surface area contributed by atoms with E-state index in [0.717, 1.165) is 34.7 Å². The van der Waals surface area contributed by atoms with Gasteiger partial charge in [-0.05, 0) is 73.3 Å². The lowest BCUT2D eigenvalue weighted by molar-refractivity contribution is 0.385. The molecule has 1 unspecified atom stereocenters. The van der Waals surface area contributed by atoms with Gasteiger partial charge in [-0.2, -0.15) is 4.98 Å². The molecule has 1 atom stereocenters. The van der Waals surface area contributed by atoms with Gasteiger partial charge in [0.15, 0.2) is 5.11 Å². The van der Waals surface area contributed by atoms with Crippen LogP contribution in [0.1, 0.15) is 38.3 Å². The molecule has 2 heterocycles. The maximum atomic E-state index is 5.81. The second-order valence-corrected chi connectivity index (χ2v) is 9.58. The molecule has 1 N–H and O–H groups in total. The van der Waals surface area contributed by atoms with Gasteiger partial charge < -0.3 is 19.5 Å².